The van der Waals surface area contributed by atoms with Crippen molar-refractivity contribution in [1.82, 2.24) is 0 Å². The highest BCUT2D eigenvalue weighted by atomic mass is 16.3. The van der Waals surface area contributed by atoms with Crippen LogP contribution in [-0.2, 0) is 6.61 Å². The van der Waals surface area contributed by atoms with Crippen LogP contribution in [-0.4, -0.2) is 16.8 Å². The van der Waals surface area contributed by atoms with Crippen molar-refractivity contribution in [3.63, 3.8) is 0 Å². The third-order valence-corrected chi connectivity index (χ3v) is 1.96. The van der Waals surface area contributed by atoms with Crippen molar-refractivity contribution in [3.8, 4) is 5.75 Å². The molecule has 0 atom stereocenters. The van der Waals surface area contributed by atoms with Crippen LogP contribution in [0.15, 0.2) is 18.2 Å². The summed E-state index contributed by atoms with van der Waals surface area (Å²) in [6.45, 7) is 5.00. The van der Waals surface area contributed by atoms with Crippen LogP contribution >= 0.6 is 0 Å². The number of nitrogens with one attached hydrogen (secondary N) is 1. The van der Waals surface area contributed by atoms with Gasteiger partial charge in [0, 0.05) is 17.8 Å². The topological polar surface area (TPSA) is 52.5 Å². The smallest absolute Gasteiger partial charge is 0.121 e. The maximum atomic E-state index is 9.32. The lowest BCUT2D eigenvalue weighted by Crippen LogP contribution is -2.07. The molecule has 78 valence electrons. The molecule has 0 fully saturated rings. The van der Waals surface area contributed by atoms with Gasteiger partial charge in [-0.2, -0.15) is 0 Å². The van der Waals surface area contributed by atoms with E-state index in [2.05, 4.69) is 19.2 Å². The van der Waals surface area contributed by atoms with E-state index in [9.17, 15) is 5.11 Å². The van der Waals surface area contributed by atoms with Crippen molar-refractivity contribution in [2.45, 2.75) is 20.5 Å². The molecule has 0 saturated carbocycles. The monoisotopic (exact) mass is 195 g/mol. The van der Waals surface area contributed by atoms with E-state index in [1.165, 1.54) is 0 Å². The molecule has 0 saturated heterocycles. The molecule has 1 aromatic carbocycles. The van der Waals surface area contributed by atoms with Gasteiger partial charge in [0.2, 0.25) is 0 Å². The zero-order valence-electron chi connectivity index (χ0n) is 8.62. The molecule has 0 aromatic heterocycles. The first-order valence-corrected chi connectivity index (χ1v) is 4.80. The number of aromatic hydroxyl groups is 1. The van der Waals surface area contributed by atoms with Crippen LogP contribution in [0.3, 0.4) is 0 Å². The highest BCUT2D eigenvalue weighted by Crippen LogP contribution is 2.21. The van der Waals surface area contributed by atoms with Gasteiger partial charge >= 0.3 is 0 Å². The SMILES string of the molecule is CC(C)CNc1ccc(O)c(CO)c1. The Balaban J connectivity index is 2.69. The second-order valence-corrected chi connectivity index (χ2v) is 3.78. The predicted octanol–water partition coefficient (Wildman–Crippen LogP) is 1.95. The average molecular weight is 195 g/mol. The van der Waals surface area contributed by atoms with Gasteiger partial charge in [0.1, 0.15) is 5.75 Å². The van der Waals surface area contributed by atoms with Gasteiger partial charge in [0.05, 0.1) is 6.61 Å². The standard InChI is InChI=1S/C11H17NO2/c1-8(2)6-12-10-3-4-11(14)9(5-10)7-13/h3-5,8,12-14H,6-7H2,1-2H3. The van der Waals surface area contributed by atoms with E-state index in [-0.39, 0.29) is 12.4 Å². The molecule has 1 aromatic rings. The summed E-state index contributed by atoms with van der Waals surface area (Å²) < 4.78 is 0. The second kappa shape index (κ2) is 4.86. The van der Waals surface area contributed by atoms with Crippen molar-refractivity contribution in [2.75, 3.05) is 11.9 Å². The van der Waals surface area contributed by atoms with Gasteiger partial charge in [-0.3, -0.25) is 0 Å². The maximum Gasteiger partial charge on any atom is 0.121 e. The summed E-state index contributed by atoms with van der Waals surface area (Å²) in [5, 5.41) is 21.5. The fraction of sp³-hybridized carbons (Fsp3) is 0.455. The molecule has 3 nitrogen and oxygen atoms in total. The van der Waals surface area contributed by atoms with Gasteiger partial charge in [-0.25, -0.2) is 0 Å². The number of anilines is 1. The Bertz CT molecular complexity index is 297. The number of aliphatic hydroxyl groups excluding tert-OH is 1. The zero-order valence-corrected chi connectivity index (χ0v) is 8.62. The minimum absolute atomic E-state index is 0.136. The molecule has 0 unspecified atom stereocenters. The Kier molecular flexibility index (Phi) is 3.77. The van der Waals surface area contributed by atoms with Crippen LogP contribution < -0.4 is 5.32 Å². The van der Waals surface area contributed by atoms with Crippen LogP contribution in [0.4, 0.5) is 5.69 Å². The molecule has 0 amide bonds. The lowest BCUT2D eigenvalue weighted by molar-refractivity contribution is 0.275. The van der Waals surface area contributed by atoms with E-state index < -0.39 is 0 Å². The molecular formula is C11H17NO2. The molecule has 0 heterocycles. The third kappa shape index (κ3) is 2.92. The first-order chi connectivity index (χ1) is 6.63. The molecule has 0 bridgehead atoms. The Hall–Kier alpha value is -1.22. The summed E-state index contributed by atoms with van der Waals surface area (Å²) in [5.41, 5.74) is 1.49. The average Bonchev–Trinajstić information content (AvgIpc) is 2.16. The van der Waals surface area contributed by atoms with Gasteiger partial charge in [-0.15, -0.1) is 0 Å². The van der Waals surface area contributed by atoms with Gasteiger partial charge in [0.25, 0.3) is 0 Å². The van der Waals surface area contributed by atoms with Crippen LogP contribution in [0.25, 0.3) is 0 Å². The largest absolute Gasteiger partial charge is 0.508 e. The summed E-state index contributed by atoms with van der Waals surface area (Å²) in [7, 11) is 0. The fourth-order valence-corrected chi connectivity index (χ4v) is 1.14. The highest BCUT2D eigenvalue weighted by molar-refractivity contribution is 5.50. The van der Waals surface area contributed by atoms with Crippen LogP contribution in [0.5, 0.6) is 5.75 Å². The summed E-state index contributed by atoms with van der Waals surface area (Å²) >= 11 is 0. The van der Waals surface area contributed by atoms with Crippen molar-refractivity contribution in [3.05, 3.63) is 23.8 Å². The van der Waals surface area contributed by atoms with Crippen molar-refractivity contribution in [2.24, 2.45) is 5.92 Å². The first-order valence-electron chi connectivity index (χ1n) is 4.80. The van der Waals surface area contributed by atoms with Crippen LogP contribution in [0.2, 0.25) is 0 Å². The van der Waals surface area contributed by atoms with Gasteiger partial charge in [-0.05, 0) is 24.1 Å². The molecule has 14 heavy (non-hydrogen) atoms. The second-order valence-electron chi connectivity index (χ2n) is 3.78. The van der Waals surface area contributed by atoms with E-state index in [0.717, 1.165) is 12.2 Å². The Morgan fingerprint density at radius 3 is 2.64 bits per heavy atom. The summed E-state index contributed by atoms with van der Waals surface area (Å²) in [5.74, 6) is 0.712. The molecule has 3 N–H and O–H groups in total. The maximum absolute atomic E-state index is 9.32. The van der Waals surface area contributed by atoms with Crippen molar-refractivity contribution < 1.29 is 10.2 Å². The lowest BCUT2D eigenvalue weighted by Gasteiger charge is -2.10. The van der Waals surface area contributed by atoms with Gasteiger partial charge in [0.15, 0.2) is 0 Å². The van der Waals surface area contributed by atoms with E-state index >= 15 is 0 Å². The summed E-state index contributed by atoms with van der Waals surface area (Å²) in [6.07, 6.45) is 0. The Labute approximate surface area is 84.4 Å². The number of aliphatic hydroxyl groups is 1. The fourth-order valence-electron chi connectivity index (χ4n) is 1.14. The third-order valence-electron chi connectivity index (χ3n) is 1.96. The number of hydrogen-bond acceptors (Lipinski definition) is 3. The zero-order chi connectivity index (χ0) is 10.6. The molecule has 0 spiro atoms. The lowest BCUT2D eigenvalue weighted by atomic mass is 10.1. The minimum atomic E-state index is -0.136. The van der Waals surface area contributed by atoms with Crippen molar-refractivity contribution >= 4 is 5.69 Å². The minimum Gasteiger partial charge on any atom is -0.508 e. The number of phenols is 1. The molecule has 0 aliphatic heterocycles. The molecule has 3 heteroatoms. The summed E-state index contributed by atoms with van der Waals surface area (Å²) in [6, 6.07) is 5.16. The normalized spacial score (nSPS) is 10.6. The first kappa shape index (κ1) is 10.9. The predicted molar refractivity (Wildman–Crippen MR) is 57.4 cm³/mol. The highest BCUT2D eigenvalue weighted by Gasteiger charge is 2.01. The van der Waals surface area contributed by atoms with E-state index in [1.807, 2.05) is 0 Å². The Morgan fingerprint density at radius 2 is 2.07 bits per heavy atom. The van der Waals surface area contributed by atoms with Gasteiger partial charge in [-0.1, -0.05) is 13.8 Å². The molecular weight excluding hydrogens is 178 g/mol. The molecule has 1 rings (SSSR count). The quantitative estimate of drug-likeness (QED) is 0.644. The van der Waals surface area contributed by atoms with Crippen LogP contribution in [0, 0.1) is 5.92 Å². The van der Waals surface area contributed by atoms with Gasteiger partial charge < -0.3 is 15.5 Å². The molecule has 0 radical (unpaired) electrons. The number of benzene rings is 1. The molecule has 0 aliphatic carbocycles. The van der Waals surface area contributed by atoms with E-state index in [1.54, 1.807) is 18.2 Å². The number of hydrogen-bond donors (Lipinski definition) is 3. The van der Waals surface area contributed by atoms with E-state index in [0.29, 0.717) is 11.5 Å². The van der Waals surface area contributed by atoms with E-state index in [4.69, 9.17) is 5.11 Å². The van der Waals surface area contributed by atoms with Crippen molar-refractivity contribution in [1.29, 1.82) is 0 Å². The Morgan fingerprint density at radius 1 is 1.36 bits per heavy atom. The number of rotatable bonds is 4. The van der Waals surface area contributed by atoms with Crippen LogP contribution in [0.1, 0.15) is 19.4 Å². The summed E-state index contributed by atoms with van der Waals surface area (Å²) in [4.78, 5) is 0. The molecule has 0 aliphatic rings.